The van der Waals surface area contributed by atoms with E-state index in [-0.39, 0.29) is 0 Å². The molecule has 0 saturated heterocycles. The van der Waals surface area contributed by atoms with Crippen molar-refractivity contribution in [3.8, 4) is 0 Å². The first-order valence-corrected chi connectivity index (χ1v) is 4.24. The molecule has 0 aliphatic rings. The minimum atomic E-state index is 0.780. The largest absolute Gasteiger partial charge is 0.314 e. The molecule has 0 atom stereocenters. The summed E-state index contributed by atoms with van der Waals surface area (Å²) >= 11 is 0. The van der Waals surface area contributed by atoms with Crippen molar-refractivity contribution < 1.29 is 0 Å². The lowest BCUT2D eigenvalue weighted by Gasteiger charge is -1.92. The van der Waals surface area contributed by atoms with Gasteiger partial charge in [0.15, 0.2) is 0 Å². The van der Waals surface area contributed by atoms with Gasteiger partial charge in [-0.2, -0.15) is 5.10 Å². The fourth-order valence-electron chi connectivity index (χ4n) is 1.34. The molecule has 5 nitrogen and oxygen atoms in total. The second-order valence-electron chi connectivity index (χ2n) is 3.11. The van der Waals surface area contributed by atoms with Crippen molar-refractivity contribution in [2.75, 3.05) is 7.05 Å². The van der Waals surface area contributed by atoms with E-state index in [1.807, 2.05) is 36.3 Å². The van der Waals surface area contributed by atoms with Crippen molar-refractivity contribution in [3.63, 3.8) is 0 Å². The number of aryl methyl sites for hydroxylation is 2. The average Bonchev–Trinajstić information content (AvgIpc) is 2.56. The summed E-state index contributed by atoms with van der Waals surface area (Å²) in [6.45, 7) is 2.74. The Morgan fingerprint density at radius 1 is 1.54 bits per heavy atom. The zero-order valence-corrected chi connectivity index (χ0v) is 8.07. The van der Waals surface area contributed by atoms with Gasteiger partial charge in [0.05, 0.1) is 11.9 Å². The van der Waals surface area contributed by atoms with Gasteiger partial charge in [-0.3, -0.25) is 0 Å². The SMILES string of the molecule is CNCc1cn2nc(C)n(C)c2n1. The van der Waals surface area contributed by atoms with E-state index in [0.717, 1.165) is 23.8 Å². The van der Waals surface area contributed by atoms with Crippen LogP contribution in [0, 0.1) is 6.92 Å². The second kappa shape index (κ2) is 2.85. The highest BCUT2D eigenvalue weighted by Gasteiger charge is 2.07. The maximum Gasteiger partial charge on any atom is 0.232 e. The summed E-state index contributed by atoms with van der Waals surface area (Å²) in [5, 5.41) is 7.36. The molecule has 70 valence electrons. The number of aromatic nitrogens is 4. The number of rotatable bonds is 2. The van der Waals surface area contributed by atoms with Gasteiger partial charge in [-0.25, -0.2) is 9.50 Å². The Hall–Kier alpha value is -1.36. The van der Waals surface area contributed by atoms with E-state index in [1.54, 1.807) is 0 Å². The first-order valence-electron chi connectivity index (χ1n) is 4.24. The van der Waals surface area contributed by atoms with Crippen LogP contribution in [0.15, 0.2) is 6.20 Å². The summed E-state index contributed by atoms with van der Waals surface area (Å²) in [5.74, 6) is 1.86. The molecule has 1 N–H and O–H groups in total. The standard InChI is InChI=1S/C8H13N5/c1-6-11-13-5-7(4-9-2)10-8(13)12(6)3/h5,9H,4H2,1-3H3. The number of hydrogen-bond acceptors (Lipinski definition) is 3. The molecule has 0 unspecified atom stereocenters. The first kappa shape index (κ1) is 8.25. The number of imidazole rings is 1. The molecule has 2 rings (SSSR count). The van der Waals surface area contributed by atoms with Gasteiger partial charge in [-0.05, 0) is 14.0 Å². The zero-order chi connectivity index (χ0) is 9.42. The molecule has 5 heteroatoms. The minimum absolute atomic E-state index is 0.780. The predicted octanol–water partition coefficient (Wildman–Crippen LogP) is 0.0956. The van der Waals surface area contributed by atoms with Crippen LogP contribution in [0.4, 0.5) is 0 Å². The molecular formula is C8H13N5. The minimum Gasteiger partial charge on any atom is -0.314 e. The van der Waals surface area contributed by atoms with E-state index in [4.69, 9.17) is 0 Å². The lowest BCUT2D eigenvalue weighted by Crippen LogP contribution is -2.05. The Kier molecular flexibility index (Phi) is 1.81. The molecule has 2 aromatic heterocycles. The van der Waals surface area contributed by atoms with Gasteiger partial charge in [-0.1, -0.05) is 0 Å². The van der Waals surface area contributed by atoms with E-state index in [1.165, 1.54) is 0 Å². The zero-order valence-electron chi connectivity index (χ0n) is 8.07. The van der Waals surface area contributed by atoms with Gasteiger partial charge in [0.2, 0.25) is 5.78 Å². The molecule has 13 heavy (non-hydrogen) atoms. The van der Waals surface area contributed by atoms with E-state index in [2.05, 4.69) is 15.4 Å². The quantitative estimate of drug-likeness (QED) is 0.711. The molecule has 2 aromatic rings. The van der Waals surface area contributed by atoms with Crippen LogP contribution >= 0.6 is 0 Å². The Morgan fingerprint density at radius 2 is 2.31 bits per heavy atom. The van der Waals surface area contributed by atoms with E-state index in [0.29, 0.717) is 0 Å². The first-order chi connectivity index (χ1) is 6.22. The van der Waals surface area contributed by atoms with Crippen LogP contribution in [0.25, 0.3) is 5.78 Å². The van der Waals surface area contributed by atoms with Crippen LogP contribution < -0.4 is 5.32 Å². The summed E-state index contributed by atoms with van der Waals surface area (Å²) in [7, 11) is 3.87. The fourth-order valence-corrected chi connectivity index (χ4v) is 1.34. The fraction of sp³-hybridized carbons (Fsp3) is 0.500. The smallest absolute Gasteiger partial charge is 0.232 e. The Balaban J connectivity index is 2.52. The molecule has 0 aliphatic heterocycles. The van der Waals surface area contributed by atoms with E-state index >= 15 is 0 Å². The maximum absolute atomic E-state index is 4.42. The van der Waals surface area contributed by atoms with Crippen LogP contribution in [0.1, 0.15) is 11.5 Å². The van der Waals surface area contributed by atoms with Crippen molar-refractivity contribution >= 4 is 5.78 Å². The predicted molar refractivity (Wildman–Crippen MR) is 49.5 cm³/mol. The maximum atomic E-state index is 4.42. The number of nitrogens with one attached hydrogen (secondary N) is 1. The van der Waals surface area contributed by atoms with Crippen molar-refractivity contribution in [2.24, 2.45) is 7.05 Å². The molecule has 0 fully saturated rings. The lowest BCUT2D eigenvalue weighted by atomic mass is 10.5. The Labute approximate surface area is 76.4 Å². The monoisotopic (exact) mass is 179 g/mol. The van der Waals surface area contributed by atoms with Crippen LogP contribution in [-0.4, -0.2) is 26.2 Å². The highest BCUT2D eigenvalue weighted by molar-refractivity contribution is 5.31. The molecule has 0 bridgehead atoms. The third-order valence-corrected chi connectivity index (χ3v) is 2.12. The van der Waals surface area contributed by atoms with Gasteiger partial charge in [0.25, 0.3) is 0 Å². The second-order valence-corrected chi connectivity index (χ2v) is 3.11. The van der Waals surface area contributed by atoms with Gasteiger partial charge in [0, 0.05) is 13.6 Å². The molecule has 0 amide bonds. The Bertz CT molecular complexity index is 425. The van der Waals surface area contributed by atoms with E-state index < -0.39 is 0 Å². The number of hydrogen-bond donors (Lipinski definition) is 1. The van der Waals surface area contributed by atoms with Gasteiger partial charge in [-0.15, -0.1) is 0 Å². The average molecular weight is 179 g/mol. The topological polar surface area (TPSA) is 47.1 Å². The summed E-state index contributed by atoms with van der Waals surface area (Å²) < 4.78 is 3.78. The van der Waals surface area contributed by atoms with Crippen molar-refractivity contribution in [1.82, 2.24) is 24.5 Å². The summed E-state index contributed by atoms with van der Waals surface area (Å²) in [6.07, 6.45) is 1.94. The lowest BCUT2D eigenvalue weighted by molar-refractivity contribution is 0.787. The molecular weight excluding hydrogens is 166 g/mol. The molecule has 2 heterocycles. The third kappa shape index (κ3) is 1.21. The summed E-state index contributed by atoms with van der Waals surface area (Å²) in [6, 6.07) is 0. The molecule has 0 spiro atoms. The summed E-state index contributed by atoms with van der Waals surface area (Å²) in [5.41, 5.74) is 1.01. The van der Waals surface area contributed by atoms with Crippen molar-refractivity contribution in [1.29, 1.82) is 0 Å². The molecule has 0 saturated carbocycles. The number of fused-ring (bicyclic) bond motifs is 1. The number of nitrogens with zero attached hydrogens (tertiary/aromatic N) is 4. The van der Waals surface area contributed by atoms with Crippen LogP contribution in [0.5, 0.6) is 0 Å². The summed E-state index contributed by atoms with van der Waals surface area (Å²) in [4.78, 5) is 4.42. The molecule has 0 aliphatic carbocycles. The van der Waals surface area contributed by atoms with Crippen LogP contribution in [0.2, 0.25) is 0 Å². The third-order valence-electron chi connectivity index (χ3n) is 2.12. The van der Waals surface area contributed by atoms with Gasteiger partial charge in [0.1, 0.15) is 5.82 Å². The van der Waals surface area contributed by atoms with Gasteiger partial charge >= 0.3 is 0 Å². The van der Waals surface area contributed by atoms with Crippen LogP contribution in [-0.2, 0) is 13.6 Å². The van der Waals surface area contributed by atoms with Crippen molar-refractivity contribution in [2.45, 2.75) is 13.5 Å². The molecule has 0 aromatic carbocycles. The van der Waals surface area contributed by atoms with Crippen molar-refractivity contribution in [3.05, 3.63) is 17.7 Å². The highest BCUT2D eigenvalue weighted by Crippen LogP contribution is 2.05. The van der Waals surface area contributed by atoms with Gasteiger partial charge < -0.3 is 9.88 Å². The van der Waals surface area contributed by atoms with Crippen LogP contribution in [0.3, 0.4) is 0 Å². The van der Waals surface area contributed by atoms with E-state index in [9.17, 15) is 0 Å². The molecule has 0 radical (unpaired) electrons. The Morgan fingerprint density at radius 3 is 2.92 bits per heavy atom. The normalized spacial score (nSPS) is 11.3. The highest BCUT2D eigenvalue weighted by atomic mass is 15.4.